The van der Waals surface area contributed by atoms with Crippen LogP contribution in [-0.2, 0) is 0 Å². The fourth-order valence-corrected chi connectivity index (χ4v) is 1.56. The van der Waals surface area contributed by atoms with E-state index in [4.69, 9.17) is 17.3 Å². The summed E-state index contributed by atoms with van der Waals surface area (Å²) in [6.45, 7) is 4.31. The van der Waals surface area contributed by atoms with Crippen molar-refractivity contribution in [2.24, 2.45) is 11.7 Å². The lowest BCUT2D eigenvalue weighted by Crippen LogP contribution is -2.35. The average Bonchev–Trinajstić information content (AvgIpc) is 1.84. The van der Waals surface area contributed by atoms with Crippen LogP contribution in [0.5, 0.6) is 0 Å². The lowest BCUT2D eigenvalue weighted by molar-refractivity contribution is 0.491. The summed E-state index contributed by atoms with van der Waals surface area (Å²) < 4.78 is 0. The zero-order valence-corrected chi connectivity index (χ0v) is 7.23. The van der Waals surface area contributed by atoms with E-state index in [-0.39, 0.29) is 11.4 Å². The number of allylic oxidation sites excluding steroid dienone is 1. The minimum absolute atomic E-state index is 0.0520. The molecule has 3 unspecified atom stereocenters. The Kier molecular flexibility index (Phi) is 2.37. The highest BCUT2D eigenvalue weighted by molar-refractivity contribution is 6.22. The highest BCUT2D eigenvalue weighted by Gasteiger charge is 2.22. The van der Waals surface area contributed by atoms with Crippen molar-refractivity contribution in [2.45, 2.75) is 31.7 Å². The van der Waals surface area contributed by atoms with Gasteiger partial charge in [-0.05, 0) is 19.3 Å². The van der Waals surface area contributed by atoms with Crippen LogP contribution in [0, 0.1) is 5.92 Å². The van der Waals surface area contributed by atoms with Crippen LogP contribution in [0.1, 0.15) is 20.3 Å². The number of hydrogen-bond acceptors (Lipinski definition) is 1. The number of rotatable bonds is 0. The zero-order valence-electron chi connectivity index (χ0n) is 6.47. The molecular formula is C8H14ClN. The molecule has 0 aromatic rings. The Labute approximate surface area is 67.2 Å². The molecule has 0 fully saturated rings. The molecule has 1 nitrogen and oxygen atoms in total. The van der Waals surface area contributed by atoms with Gasteiger partial charge in [0.25, 0.3) is 0 Å². The van der Waals surface area contributed by atoms with E-state index >= 15 is 0 Å². The standard InChI is InChI=1S/C8H14ClN/c1-5-3-7(9)8(10)4-6(5)2/h3,6-8H,4,10H2,1-2H3. The molecule has 0 heterocycles. The molecule has 0 saturated heterocycles. The Bertz CT molecular complexity index is 153. The van der Waals surface area contributed by atoms with Crippen molar-refractivity contribution in [3.8, 4) is 0 Å². The summed E-state index contributed by atoms with van der Waals surface area (Å²) in [6, 6.07) is 0.153. The van der Waals surface area contributed by atoms with Crippen molar-refractivity contribution < 1.29 is 0 Å². The van der Waals surface area contributed by atoms with Gasteiger partial charge in [-0.15, -0.1) is 11.6 Å². The second kappa shape index (κ2) is 2.93. The van der Waals surface area contributed by atoms with Crippen LogP contribution >= 0.6 is 11.6 Å². The van der Waals surface area contributed by atoms with E-state index in [1.807, 2.05) is 0 Å². The first-order chi connectivity index (χ1) is 4.61. The van der Waals surface area contributed by atoms with E-state index in [1.54, 1.807) is 0 Å². The molecule has 3 atom stereocenters. The third kappa shape index (κ3) is 1.53. The van der Waals surface area contributed by atoms with E-state index in [9.17, 15) is 0 Å². The Balaban J connectivity index is 2.69. The van der Waals surface area contributed by atoms with Gasteiger partial charge < -0.3 is 5.73 Å². The normalized spacial score (nSPS) is 41.2. The van der Waals surface area contributed by atoms with Gasteiger partial charge in [0.2, 0.25) is 0 Å². The van der Waals surface area contributed by atoms with Gasteiger partial charge in [-0.25, -0.2) is 0 Å². The van der Waals surface area contributed by atoms with Gasteiger partial charge in [-0.1, -0.05) is 18.6 Å². The first kappa shape index (κ1) is 8.09. The zero-order chi connectivity index (χ0) is 7.72. The van der Waals surface area contributed by atoms with Crippen LogP contribution in [0.3, 0.4) is 0 Å². The smallest absolute Gasteiger partial charge is 0.0669 e. The summed E-state index contributed by atoms with van der Waals surface area (Å²) in [6.07, 6.45) is 3.09. The molecule has 10 heavy (non-hydrogen) atoms. The van der Waals surface area contributed by atoms with Gasteiger partial charge in [-0.3, -0.25) is 0 Å². The molecule has 0 aromatic heterocycles. The maximum Gasteiger partial charge on any atom is 0.0669 e. The molecule has 0 aliphatic heterocycles. The van der Waals surface area contributed by atoms with Crippen molar-refractivity contribution in [3.05, 3.63) is 11.6 Å². The van der Waals surface area contributed by atoms with Crippen molar-refractivity contribution >= 4 is 11.6 Å². The monoisotopic (exact) mass is 159 g/mol. The van der Waals surface area contributed by atoms with Crippen molar-refractivity contribution in [3.63, 3.8) is 0 Å². The molecule has 0 aromatic carbocycles. The summed E-state index contributed by atoms with van der Waals surface area (Å²) in [7, 11) is 0. The predicted molar refractivity (Wildman–Crippen MR) is 45.2 cm³/mol. The number of halogens is 1. The van der Waals surface area contributed by atoms with Gasteiger partial charge in [0.1, 0.15) is 0 Å². The summed E-state index contributed by atoms with van der Waals surface area (Å²) in [4.78, 5) is 0. The molecule has 1 aliphatic carbocycles. The van der Waals surface area contributed by atoms with Gasteiger partial charge in [0, 0.05) is 6.04 Å². The van der Waals surface area contributed by atoms with Crippen LogP contribution < -0.4 is 5.73 Å². The average molecular weight is 160 g/mol. The first-order valence-electron chi connectivity index (χ1n) is 3.69. The van der Waals surface area contributed by atoms with E-state index in [0.717, 1.165) is 6.42 Å². The molecule has 0 saturated carbocycles. The fraction of sp³-hybridized carbons (Fsp3) is 0.750. The van der Waals surface area contributed by atoms with Gasteiger partial charge >= 0.3 is 0 Å². The fourth-order valence-electron chi connectivity index (χ4n) is 1.26. The topological polar surface area (TPSA) is 26.0 Å². The molecule has 2 N–H and O–H groups in total. The van der Waals surface area contributed by atoms with E-state index < -0.39 is 0 Å². The molecular weight excluding hydrogens is 146 g/mol. The maximum atomic E-state index is 5.93. The van der Waals surface area contributed by atoms with Gasteiger partial charge in [-0.2, -0.15) is 0 Å². The highest BCUT2D eigenvalue weighted by atomic mass is 35.5. The maximum absolute atomic E-state index is 5.93. The summed E-state index contributed by atoms with van der Waals surface area (Å²) in [5.41, 5.74) is 7.13. The molecule has 0 spiro atoms. The van der Waals surface area contributed by atoms with Crippen molar-refractivity contribution in [1.82, 2.24) is 0 Å². The van der Waals surface area contributed by atoms with Gasteiger partial charge in [0.15, 0.2) is 0 Å². The Morgan fingerprint density at radius 3 is 2.80 bits per heavy atom. The van der Waals surface area contributed by atoms with Crippen LogP contribution in [0.15, 0.2) is 11.6 Å². The van der Waals surface area contributed by atoms with E-state index in [2.05, 4.69) is 19.9 Å². The highest BCUT2D eigenvalue weighted by Crippen LogP contribution is 2.25. The van der Waals surface area contributed by atoms with E-state index in [0.29, 0.717) is 5.92 Å². The van der Waals surface area contributed by atoms with Crippen molar-refractivity contribution in [1.29, 1.82) is 0 Å². The van der Waals surface area contributed by atoms with Crippen LogP contribution in [0.2, 0.25) is 0 Å². The number of hydrogen-bond donors (Lipinski definition) is 1. The molecule has 0 amide bonds. The predicted octanol–water partition coefficient (Wildman–Crippen LogP) is 1.91. The Morgan fingerprint density at radius 2 is 2.30 bits per heavy atom. The summed E-state index contributed by atoms with van der Waals surface area (Å²) in [5, 5.41) is 0.0520. The van der Waals surface area contributed by atoms with Gasteiger partial charge in [0.05, 0.1) is 5.38 Å². The molecule has 1 rings (SSSR count). The van der Waals surface area contributed by atoms with Crippen LogP contribution in [0.25, 0.3) is 0 Å². The minimum atomic E-state index is 0.0520. The SMILES string of the molecule is CC1=CC(Cl)C(N)CC1C. The first-order valence-corrected chi connectivity index (χ1v) is 4.13. The summed E-state index contributed by atoms with van der Waals surface area (Å²) in [5.74, 6) is 0.616. The number of alkyl halides is 1. The second-order valence-corrected chi connectivity index (χ2v) is 3.66. The molecule has 2 heteroatoms. The third-order valence-corrected chi connectivity index (χ3v) is 2.68. The lowest BCUT2D eigenvalue weighted by Gasteiger charge is -2.26. The Morgan fingerprint density at radius 1 is 1.70 bits per heavy atom. The van der Waals surface area contributed by atoms with E-state index in [1.165, 1.54) is 5.57 Å². The van der Waals surface area contributed by atoms with Crippen LogP contribution in [-0.4, -0.2) is 11.4 Å². The summed E-state index contributed by atoms with van der Waals surface area (Å²) >= 11 is 5.93. The Hall–Kier alpha value is -0.0100. The minimum Gasteiger partial charge on any atom is -0.326 e. The molecule has 58 valence electrons. The molecule has 1 aliphatic rings. The van der Waals surface area contributed by atoms with Crippen molar-refractivity contribution in [2.75, 3.05) is 0 Å². The lowest BCUT2D eigenvalue weighted by atomic mass is 9.87. The molecule has 0 bridgehead atoms. The second-order valence-electron chi connectivity index (χ2n) is 3.16. The number of nitrogens with two attached hydrogens (primary N) is 1. The molecule has 0 radical (unpaired) electrons. The quantitative estimate of drug-likeness (QED) is 0.424. The third-order valence-electron chi connectivity index (χ3n) is 2.23. The largest absolute Gasteiger partial charge is 0.326 e. The van der Waals surface area contributed by atoms with Crippen LogP contribution in [0.4, 0.5) is 0 Å².